The van der Waals surface area contributed by atoms with E-state index in [0.717, 1.165) is 12.5 Å². The highest BCUT2D eigenvalue weighted by Crippen LogP contribution is 2.34. The number of hydroxylamine groups is 2. The molecule has 2 rings (SSSR count). The molecule has 0 radical (unpaired) electrons. The molecule has 0 aromatic rings. The van der Waals surface area contributed by atoms with Gasteiger partial charge in [0, 0.05) is 26.6 Å². The van der Waals surface area contributed by atoms with Crippen LogP contribution in [-0.4, -0.2) is 49.7 Å². The molecular weight excluding hydrogens is 180 g/mol. The standard InChI is InChI=1S/C10H18N2O2/c1-11(14-2)10(13)5-9-7-12-4-3-8(9)6-12/h8-9H,3-7H2,1-2H3. The van der Waals surface area contributed by atoms with Crippen LogP contribution < -0.4 is 0 Å². The maximum absolute atomic E-state index is 11.6. The summed E-state index contributed by atoms with van der Waals surface area (Å²) in [7, 11) is 3.21. The summed E-state index contributed by atoms with van der Waals surface area (Å²) in [6.45, 7) is 3.54. The third-order valence-corrected chi connectivity index (χ3v) is 3.53. The number of carbonyl (C=O) groups excluding carboxylic acids is 1. The molecule has 0 aromatic heterocycles. The fraction of sp³-hybridized carbons (Fsp3) is 0.900. The number of amides is 1. The first kappa shape index (κ1) is 9.93. The SMILES string of the molecule is CON(C)C(=O)CC1CN2CCC1C2. The van der Waals surface area contributed by atoms with Crippen LogP contribution in [0.2, 0.25) is 0 Å². The van der Waals surface area contributed by atoms with E-state index in [9.17, 15) is 4.79 Å². The highest BCUT2D eigenvalue weighted by atomic mass is 16.7. The van der Waals surface area contributed by atoms with Gasteiger partial charge in [-0.3, -0.25) is 9.63 Å². The van der Waals surface area contributed by atoms with E-state index in [1.807, 2.05) is 0 Å². The molecule has 2 bridgehead atoms. The molecule has 2 saturated heterocycles. The lowest BCUT2D eigenvalue weighted by atomic mass is 9.89. The summed E-state index contributed by atoms with van der Waals surface area (Å²) >= 11 is 0. The number of fused-ring (bicyclic) bond motifs is 2. The summed E-state index contributed by atoms with van der Waals surface area (Å²) in [6, 6.07) is 0. The number of carbonyl (C=O) groups is 1. The van der Waals surface area contributed by atoms with Crippen LogP contribution in [-0.2, 0) is 9.63 Å². The van der Waals surface area contributed by atoms with E-state index in [0.29, 0.717) is 12.3 Å². The van der Waals surface area contributed by atoms with Gasteiger partial charge < -0.3 is 4.90 Å². The van der Waals surface area contributed by atoms with Crippen LogP contribution in [0.5, 0.6) is 0 Å². The molecule has 2 aliphatic heterocycles. The Morgan fingerprint density at radius 3 is 2.86 bits per heavy atom. The van der Waals surface area contributed by atoms with Crippen molar-refractivity contribution in [1.82, 2.24) is 9.96 Å². The summed E-state index contributed by atoms with van der Waals surface area (Å²) in [5.74, 6) is 1.42. The molecule has 2 heterocycles. The zero-order chi connectivity index (χ0) is 10.1. The van der Waals surface area contributed by atoms with E-state index in [2.05, 4.69) is 4.90 Å². The van der Waals surface area contributed by atoms with Gasteiger partial charge in [0.25, 0.3) is 0 Å². The predicted molar refractivity (Wildman–Crippen MR) is 52.4 cm³/mol. The molecule has 3 unspecified atom stereocenters. The zero-order valence-electron chi connectivity index (χ0n) is 8.90. The Labute approximate surface area is 84.8 Å². The fourth-order valence-electron chi connectivity index (χ4n) is 2.58. The Balaban J connectivity index is 1.84. The van der Waals surface area contributed by atoms with Crippen molar-refractivity contribution in [1.29, 1.82) is 0 Å². The Bertz CT molecular complexity index is 232. The van der Waals surface area contributed by atoms with Crippen LogP contribution in [0.4, 0.5) is 0 Å². The smallest absolute Gasteiger partial charge is 0.246 e. The summed E-state index contributed by atoms with van der Waals surface area (Å²) < 4.78 is 0. The Kier molecular flexibility index (Phi) is 2.74. The van der Waals surface area contributed by atoms with Crippen molar-refractivity contribution in [2.24, 2.45) is 11.8 Å². The highest BCUT2D eigenvalue weighted by molar-refractivity contribution is 5.75. The van der Waals surface area contributed by atoms with Gasteiger partial charge in [0.1, 0.15) is 0 Å². The van der Waals surface area contributed by atoms with Gasteiger partial charge in [-0.2, -0.15) is 0 Å². The molecule has 14 heavy (non-hydrogen) atoms. The van der Waals surface area contributed by atoms with Gasteiger partial charge in [0.05, 0.1) is 7.11 Å². The second-order valence-corrected chi connectivity index (χ2v) is 4.35. The maximum Gasteiger partial charge on any atom is 0.246 e. The van der Waals surface area contributed by atoms with Crippen LogP contribution >= 0.6 is 0 Å². The second kappa shape index (κ2) is 3.87. The second-order valence-electron chi connectivity index (χ2n) is 4.35. The van der Waals surface area contributed by atoms with Gasteiger partial charge in [0.2, 0.25) is 5.91 Å². The van der Waals surface area contributed by atoms with Crippen molar-refractivity contribution < 1.29 is 9.63 Å². The number of hydrogen-bond donors (Lipinski definition) is 0. The van der Waals surface area contributed by atoms with Crippen LogP contribution in [0, 0.1) is 11.8 Å². The first-order valence-electron chi connectivity index (χ1n) is 5.23. The summed E-state index contributed by atoms with van der Waals surface area (Å²) in [4.78, 5) is 18.9. The molecule has 3 atom stereocenters. The van der Waals surface area contributed by atoms with Crippen molar-refractivity contribution in [2.75, 3.05) is 33.8 Å². The third kappa shape index (κ3) is 1.77. The largest absolute Gasteiger partial charge is 0.303 e. The van der Waals surface area contributed by atoms with Gasteiger partial charge in [-0.1, -0.05) is 0 Å². The lowest BCUT2D eigenvalue weighted by Crippen LogP contribution is -2.31. The van der Waals surface area contributed by atoms with Gasteiger partial charge in [-0.25, -0.2) is 5.06 Å². The molecular formula is C10H18N2O2. The number of hydrogen-bond acceptors (Lipinski definition) is 3. The average Bonchev–Trinajstić information content (AvgIpc) is 2.77. The normalized spacial score (nSPS) is 34.9. The number of nitrogens with zero attached hydrogens (tertiary/aromatic N) is 2. The quantitative estimate of drug-likeness (QED) is 0.613. The lowest BCUT2D eigenvalue weighted by molar-refractivity contribution is -0.170. The first-order chi connectivity index (χ1) is 6.70. The third-order valence-electron chi connectivity index (χ3n) is 3.53. The lowest BCUT2D eigenvalue weighted by Gasteiger charge is -2.23. The van der Waals surface area contributed by atoms with Crippen molar-refractivity contribution in [3.05, 3.63) is 0 Å². The summed E-state index contributed by atoms with van der Waals surface area (Å²) in [6.07, 6.45) is 1.92. The maximum atomic E-state index is 11.6. The molecule has 1 amide bonds. The van der Waals surface area contributed by atoms with Gasteiger partial charge in [-0.05, 0) is 24.8 Å². The molecule has 4 nitrogen and oxygen atoms in total. The van der Waals surface area contributed by atoms with Crippen LogP contribution in [0.25, 0.3) is 0 Å². The van der Waals surface area contributed by atoms with Crippen LogP contribution in [0.15, 0.2) is 0 Å². The van der Waals surface area contributed by atoms with Crippen molar-refractivity contribution in [2.45, 2.75) is 12.8 Å². The Morgan fingerprint density at radius 1 is 1.57 bits per heavy atom. The van der Waals surface area contributed by atoms with E-state index < -0.39 is 0 Å². The molecule has 2 fully saturated rings. The summed E-state index contributed by atoms with van der Waals surface area (Å²) in [5, 5.41) is 1.33. The molecule has 0 aliphatic carbocycles. The van der Waals surface area contributed by atoms with E-state index >= 15 is 0 Å². The predicted octanol–water partition coefficient (Wildman–Crippen LogP) is 0.348. The fourth-order valence-corrected chi connectivity index (χ4v) is 2.58. The summed E-state index contributed by atoms with van der Waals surface area (Å²) in [5.41, 5.74) is 0. The van der Waals surface area contributed by atoms with Crippen LogP contribution in [0.3, 0.4) is 0 Å². The van der Waals surface area contributed by atoms with E-state index in [-0.39, 0.29) is 5.91 Å². The Hall–Kier alpha value is -0.610. The van der Waals surface area contributed by atoms with E-state index in [1.54, 1.807) is 7.05 Å². The van der Waals surface area contributed by atoms with Gasteiger partial charge in [0.15, 0.2) is 0 Å². The van der Waals surface area contributed by atoms with Crippen molar-refractivity contribution in [3.8, 4) is 0 Å². The minimum atomic E-state index is 0.103. The molecule has 0 spiro atoms. The van der Waals surface area contributed by atoms with Gasteiger partial charge in [-0.15, -0.1) is 0 Å². The topological polar surface area (TPSA) is 32.8 Å². The monoisotopic (exact) mass is 198 g/mol. The van der Waals surface area contributed by atoms with Crippen LogP contribution in [0.1, 0.15) is 12.8 Å². The molecule has 2 aliphatic rings. The molecule has 0 N–H and O–H groups in total. The minimum Gasteiger partial charge on any atom is -0.303 e. The van der Waals surface area contributed by atoms with Crippen molar-refractivity contribution in [3.63, 3.8) is 0 Å². The zero-order valence-corrected chi connectivity index (χ0v) is 8.90. The molecule has 4 heteroatoms. The Morgan fingerprint density at radius 2 is 2.36 bits per heavy atom. The van der Waals surface area contributed by atoms with Crippen molar-refractivity contribution >= 4 is 5.91 Å². The van der Waals surface area contributed by atoms with E-state index in [1.165, 1.54) is 31.7 Å². The molecule has 0 aromatic carbocycles. The minimum absolute atomic E-state index is 0.103. The van der Waals surface area contributed by atoms with Gasteiger partial charge >= 0.3 is 0 Å². The number of rotatable bonds is 3. The average molecular weight is 198 g/mol. The number of piperidine rings is 1. The van der Waals surface area contributed by atoms with E-state index in [4.69, 9.17) is 4.84 Å². The highest BCUT2D eigenvalue weighted by Gasteiger charge is 2.39. The molecule has 0 saturated carbocycles. The molecule has 80 valence electrons. The first-order valence-corrected chi connectivity index (χ1v) is 5.23.